The van der Waals surface area contributed by atoms with Crippen molar-refractivity contribution in [3.05, 3.63) is 72.8 Å². The minimum atomic E-state index is -0.498. The molecule has 0 aliphatic rings. The number of benzene rings is 3. The van der Waals surface area contributed by atoms with Crippen LogP contribution in [0.25, 0.3) is 0 Å². The molecule has 0 saturated heterocycles. The molecule has 0 bridgehead atoms. The lowest BCUT2D eigenvalue weighted by atomic mass is 10.3. The number of aliphatic hydroxyl groups excluding tert-OH is 6. The number of ether oxygens (including phenoxy) is 6. The summed E-state index contributed by atoms with van der Waals surface area (Å²) in [5, 5.41) is 52.9. The maximum Gasteiger partial charge on any atom is 0.123 e. The number of hydrogen-bond donors (Lipinski definition) is 6. The van der Waals surface area contributed by atoms with E-state index in [4.69, 9.17) is 59.1 Å². The lowest BCUT2D eigenvalue weighted by Gasteiger charge is -2.11. The van der Waals surface area contributed by atoms with Gasteiger partial charge in [-0.2, -0.15) is 0 Å². The second kappa shape index (κ2) is 24.5. The van der Waals surface area contributed by atoms with E-state index in [0.29, 0.717) is 34.5 Å². The molecule has 0 spiro atoms. The monoisotopic (exact) mass is 636 g/mol. The standard InChI is InChI=1S/C12H18O4.C11H16O4.C10H14O4/c1-9(13)7-15-11-4-3-5-12(6-11)16-8-10(2)14;1-9(13)8-15-11-4-2-3-10(7-11)14-6-5-12;11-4-6-13-9-2-1-3-10(8-9)14-7-5-12/h3-6,9-10,13-14H,7-8H2,1-2H3;2-4,7,9,12-13H,5-6,8H2,1H3;1-3,8,11-12H,4-7H2. The summed E-state index contributed by atoms with van der Waals surface area (Å²) in [5.74, 6) is 3.87. The molecule has 0 radical (unpaired) electrons. The van der Waals surface area contributed by atoms with E-state index in [1.807, 2.05) is 0 Å². The van der Waals surface area contributed by atoms with Gasteiger partial charge in [0.1, 0.15) is 74.1 Å². The molecule has 0 amide bonds. The summed E-state index contributed by atoms with van der Waals surface area (Å²) in [6.07, 6.45) is -1.49. The second-order valence-corrected chi connectivity index (χ2v) is 9.62. The van der Waals surface area contributed by atoms with Crippen molar-refractivity contribution >= 4 is 0 Å². The fraction of sp³-hybridized carbons (Fsp3) is 0.455. The molecule has 3 rings (SSSR count). The summed E-state index contributed by atoms with van der Waals surface area (Å²) in [5.41, 5.74) is 0. The van der Waals surface area contributed by atoms with Crippen molar-refractivity contribution in [2.75, 3.05) is 59.5 Å². The van der Waals surface area contributed by atoms with Crippen molar-refractivity contribution in [2.45, 2.75) is 39.1 Å². The van der Waals surface area contributed by atoms with E-state index in [1.165, 1.54) is 0 Å². The molecule has 0 aliphatic carbocycles. The van der Waals surface area contributed by atoms with Crippen LogP contribution in [0.15, 0.2) is 72.8 Å². The molecule has 3 aromatic carbocycles. The Balaban J connectivity index is 0.000000338. The maximum absolute atomic E-state index is 9.07. The number of aliphatic hydroxyl groups is 6. The van der Waals surface area contributed by atoms with Gasteiger partial charge in [-0.15, -0.1) is 0 Å². The van der Waals surface area contributed by atoms with E-state index in [2.05, 4.69) is 0 Å². The Morgan fingerprint density at radius 2 is 0.644 bits per heavy atom. The molecule has 12 heteroatoms. The Labute approximate surface area is 264 Å². The summed E-state index contributed by atoms with van der Waals surface area (Å²) in [6.45, 7) is 6.49. The van der Waals surface area contributed by atoms with Crippen molar-refractivity contribution < 1.29 is 59.1 Å². The van der Waals surface area contributed by atoms with E-state index in [9.17, 15) is 0 Å². The summed E-state index contributed by atoms with van der Waals surface area (Å²) in [6, 6.07) is 21.3. The molecular weight excluding hydrogens is 588 g/mol. The molecule has 3 atom stereocenters. The summed E-state index contributed by atoms with van der Waals surface area (Å²) < 4.78 is 31.5. The Hall–Kier alpha value is -3.78. The summed E-state index contributed by atoms with van der Waals surface area (Å²) in [7, 11) is 0. The first-order valence-electron chi connectivity index (χ1n) is 14.6. The molecule has 3 unspecified atom stereocenters. The van der Waals surface area contributed by atoms with Gasteiger partial charge in [0.05, 0.1) is 38.1 Å². The Kier molecular flexibility index (Phi) is 21.4. The van der Waals surface area contributed by atoms with Crippen LogP contribution in [-0.4, -0.2) is 108 Å². The van der Waals surface area contributed by atoms with Crippen LogP contribution in [0.3, 0.4) is 0 Å². The van der Waals surface area contributed by atoms with Crippen molar-refractivity contribution in [3.8, 4) is 34.5 Å². The van der Waals surface area contributed by atoms with Gasteiger partial charge in [0.25, 0.3) is 0 Å². The topological polar surface area (TPSA) is 177 Å². The van der Waals surface area contributed by atoms with Crippen molar-refractivity contribution in [1.29, 1.82) is 0 Å². The SMILES string of the molecule is CC(O)COc1cccc(OCC(C)O)c1.CC(O)COc1cccc(OCCO)c1.OCCOc1cccc(OCCO)c1. The normalized spacial score (nSPS) is 12.2. The third-order valence-corrected chi connectivity index (χ3v) is 4.97. The zero-order valence-corrected chi connectivity index (χ0v) is 26.2. The molecular formula is C33H48O12. The zero-order chi connectivity index (χ0) is 33.3. The first-order chi connectivity index (χ1) is 21.7. The molecule has 12 nitrogen and oxygen atoms in total. The van der Waals surface area contributed by atoms with Gasteiger partial charge >= 0.3 is 0 Å². The zero-order valence-electron chi connectivity index (χ0n) is 26.2. The van der Waals surface area contributed by atoms with Gasteiger partial charge in [0.2, 0.25) is 0 Å². The van der Waals surface area contributed by atoms with Crippen LogP contribution in [0.5, 0.6) is 34.5 Å². The van der Waals surface area contributed by atoms with E-state index >= 15 is 0 Å². The summed E-state index contributed by atoms with van der Waals surface area (Å²) in [4.78, 5) is 0. The average Bonchev–Trinajstić information content (AvgIpc) is 3.03. The predicted octanol–water partition coefficient (Wildman–Crippen LogP) is 2.45. The molecule has 45 heavy (non-hydrogen) atoms. The number of hydrogen-bond acceptors (Lipinski definition) is 12. The molecule has 6 N–H and O–H groups in total. The molecule has 0 heterocycles. The molecule has 252 valence electrons. The molecule has 0 aliphatic heterocycles. The molecule has 0 saturated carbocycles. The van der Waals surface area contributed by atoms with Crippen LogP contribution in [0.2, 0.25) is 0 Å². The number of rotatable bonds is 18. The Bertz CT molecular complexity index is 1090. The third kappa shape index (κ3) is 20.7. The van der Waals surface area contributed by atoms with Crippen LogP contribution >= 0.6 is 0 Å². The molecule has 0 fully saturated rings. The highest BCUT2D eigenvalue weighted by molar-refractivity contribution is 5.34. The second-order valence-electron chi connectivity index (χ2n) is 9.62. The Morgan fingerprint density at radius 1 is 0.422 bits per heavy atom. The highest BCUT2D eigenvalue weighted by Crippen LogP contribution is 2.21. The maximum atomic E-state index is 9.07. The van der Waals surface area contributed by atoms with Gasteiger partial charge in [0, 0.05) is 18.2 Å². The van der Waals surface area contributed by atoms with Gasteiger partial charge < -0.3 is 59.1 Å². The molecule has 3 aromatic rings. The minimum Gasteiger partial charge on any atom is -0.491 e. The van der Waals surface area contributed by atoms with Gasteiger partial charge in [0.15, 0.2) is 0 Å². The van der Waals surface area contributed by atoms with Gasteiger partial charge in [-0.05, 0) is 57.2 Å². The quantitative estimate of drug-likeness (QED) is 0.120. The third-order valence-electron chi connectivity index (χ3n) is 4.97. The van der Waals surface area contributed by atoms with Crippen molar-refractivity contribution in [3.63, 3.8) is 0 Å². The van der Waals surface area contributed by atoms with E-state index in [1.54, 1.807) is 93.6 Å². The first-order valence-corrected chi connectivity index (χ1v) is 14.6. The first kappa shape index (κ1) is 39.2. The molecule has 0 aromatic heterocycles. The lowest BCUT2D eigenvalue weighted by Crippen LogP contribution is -2.14. The Morgan fingerprint density at radius 3 is 0.844 bits per heavy atom. The van der Waals surface area contributed by atoms with E-state index in [0.717, 1.165) is 0 Å². The predicted molar refractivity (Wildman–Crippen MR) is 169 cm³/mol. The van der Waals surface area contributed by atoms with E-state index in [-0.39, 0.29) is 59.5 Å². The van der Waals surface area contributed by atoms with Gasteiger partial charge in [-0.25, -0.2) is 0 Å². The van der Waals surface area contributed by atoms with Crippen LogP contribution in [0.1, 0.15) is 20.8 Å². The van der Waals surface area contributed by atoms with Crippen LogP contribution in [-0.2, 0) is 0 Å². The largest absolute Gasteiger partial charge is 0.491 e. The van der Waals surface area contributed by atoms with Gasteiger partial charge in [-0.1, -0.05) is 18.2 Å². The van der Waals surface area contributed by atoms with Crippen molar-refractivity contribution in [1.82, 2.24) is 0 Å². The smallest absolute Gasteiger partial charge is 0.123 e. The van der Waals surface area contributed by atoms with Crippen LogP contribution in [0, 0.1) is 0 Å². The van der Waals surface area contributed by atoms with Crippen molar-refractivity contribution in [2.24, 2.45) is 0 Å². The van der Waals surface area contributed by atoms with Crippen LogP contribution < -0.4 is 28.4 Å². The average molecular weight is 637 g/mol. The minimum absolute atomic E-state index is 0.0122. The lowest BCUT2D eigenvalue weighted by molar-refractivity contribution is 0.118. The highest BCUT2D eigenvalue weighted by atomic mass is 16.5. The fourth-order valence-electron chi connectivity index (χ4n) is 3.10. The van der Waals surface area contributed by atoms with Crippen LogP contribution in [0.4, 0.5) is 0 Å². The highest BCUT2D eigenvalue weighted by Gasteiger charge is 2.03. The fourth-order valence-corrected chi connectivity index (χ4v) is 3.10. The van der Waals surface area contributed by atoms with E-state index < -0.39 is 18.3 Å². The van der Waals surface area contributed by atoms with Gasteiger partial charge in [-0.3, -0.25) is 0 Å². The summed E-state index contributed by atoms with van der Waals surface area (Å²) >= 11 is 0.